The summed E-state index contributed by atoms with van der Waals surface area (Å²) in [4.78, 5) is -0.405. The van der Waals surface area contributed by atoms with Crippen LogP contribution in [0.1, 0.15) is 16.0 Å². The smallest absolute Gasteiger partial charge is 0.137 e. The summed E-state index contributed by atoms with van der Waals surface area (Å²) >= 11 is 6.41. The molecule has 1 heterocycles. The van der Waals surface area contributed by atoms with Gasteiger partial charge in [-0.25, -0.2) is 8.78 Å². The van der Waals surface area contributed by atoms with Crippen LogP contribution in [0.5, 0.6) is 5.75 Å². The Balaban J connectivity index is 1.88. The zero-order chi connectivity index (χ0) is 14.3. The second-order valence-corrected chi connectivity index (χ2v) is 6.50. The fraction of sp³-hybridized carbons (Fsp3) is 0.200. The fourth-order valence-electron chi connectivity index (χ4n) is 2.32. The van der Waals surface area contributed by atoms with Crippen LogP contribution < -0.4 is 4.74 Å². The van der Waals surface area contributed by atoms with Crippen molar-refractivity contribution < 1.29 is 13.5 Å². The zero-order valence-electron chi connectivity index (χ0n) is 10.2. The van der Waals surface area contributed by atoms with Gasteiger partial charge in [0.15, 0.2) is 0 Å². The van der Waals surface area contributed by atoms with Crippen molar-refractivity contribution in [3.63, 3.8) is 0 Å². The highest BCUT2D eigenvalue weighted by Gasteiger charge is 2.31. The molecule has 20 heavy (non-hydrogen) atoms. The van der Waals surface area contributed by atoms with Gasteiger partial charge in [0.1, 0.15) is 23.5 Å². The maximum atomic E-state index is 14.0. The number of hydrogen-bond acceptors (Lipinski definition) is 1. The lowest BCUT2D eigenvalue weighted by Crippen LogP contribution is -2.20. The van der Waals surface area contributed by atoms with Crippen LogP contribution >= 0.6 is 31.9 Å². The molecule has 0 aromatic heterocycles. The summed E-state index contributed by atoms with van der Waals surface area (Å²) in [7, 11) is 0. The van der Waals surface area contributed by atoms with Crippen LogP contribution in [0.25, 0.3) is 0 Å². The summed E-state index contributed by atoms with van der Waals surface area (Å²) < 4.78 is 33.5. The molecule has 0 spiro atoms. The molecule has 0 saturated heterocycles. The van der Waals surface area contributed by atoms with Crippen LogP contribution in [-0.4, -0.2) is 6.10 Å². The van der Waals surface area contributed by atoms with E-state index in [0.717, 1.165) is 17.4 Å². The summed E-state index contributed by atoms with van der Waals surface area (Å²) in [6.45, 7) is 0. The van der Waals surface area contributed by atoms with Gasteiger partial charge < -0.3 is 4.74 Å². The van der Waals surface area contributed by atoms with E-state index in [0.29, 0.717) is 6.42 Å². The average molecular weight is 404 g/mol. The third-order valence-corrected chi connectivity index (χ3v) is 5.03. The maximum absolute atomic E-state index is 14.0. The van der Waals surface area contributed by atoms with E-state index in [1.165, 1.54) is 6.07 Å². The first-order chi connectivity index (χ1) is 9.56. The quantitative estimate of drug-likeness (QED) is 0.496. The van der Waals surface area contributed by atoms with E-state index in [9.17, 15) is 8.78 Å². The molecule has 1 aliphatic rings. The monoisotopic (exact) mass is 402 g/mol. The van der Waals surface area contributed by atoms with Crippen molar-refractivity contribution >= 4 is 31.9 Å². The molecule has 2 unspecified atom stereocenters. The van der Waals surface area contributed by atoms with Gasteiger partial charge in [-0.1, -0.05) is 34.1 Å². The standard InChI is InChI=1S/C15H10Br2F2O/c16-10-7-11(18)9(6-12(10)19)15(17)14-5-8-3-1-2-4-13(8)20-14/h1-4,6-7,14-15H,5H2. The lowest BCUT2D eigenvalue weighted by Gasteiger charge is -2.19. The number of hydrogen-bond donors (Lipinski definition) is 0. The Morgan fingerprint density at radius 2 is 1.90 bits per heavy atom. The molecule has 2 aromatic carbocycles. The summed E-state index contributed by atoms with van der Waals surface area (Å²) in [5.74, 6) is -0.138. The zero-order valence-corrected chi connectivity index (χ0v) is 13.4. The second-order valence-electron chi connectivity index (χ2n) is 4.66. The molecule has 0 saturated carbocycles. The number of para-hydroxylation sites is 1. The molecule has 0 fully saturated rings. The van der Waals surface area contributed by atoms with Crippen molar-refractivity contribution in [2.24, 2.45) is 0 Å². The number of rotatable bonds is 2. The van der Waals surface area contributed by atoms with Crippen molar-refractivity contribution in [3.05, 3.63) is 63.6 Å². The van der Waals surface area contributed by atoms with E-state index in [-0.39, 0.29) is 16.1 Å². The van der Waals surface area contributed by atoms with Crippen molar-refractivity contribution in [2.75, 3.05) is 0 Å². The predicted octanol–water partition coefficient (Wildman–Crippen LogP) is 5.17. The molecule has 104 valence electrons. The van der Waals surface area contributed by atoms with E-state index >= 15 is 0 Å². The first kappa shape index (κ1) is 14.0. The summed E-state index contributed by atoms with van der Waals surface area (Å²) in [5, 5.41) is 0. The van der Waals surface area contributed by atoms with E-state index in [2.05, 4.69) is 31.9 Å². The average Bonchev–Trinajstić information content (AvgIpc) is 2.86. The molecule has 2 aromatic rings. The van der Waals surface area contributed by atoms with Crippen LogP contribution in [0.15, 0.2) is 40.9 Å². The van der Waals surface area contributed by atoms with Gasteiger partial charge in [-0.3, -0.25) is 0 Å². The highest BCUT2D eigenvalue weighted by molar-refractivity contribution is 9.10. The van der Waals surface area contributed by atoms with Gasteiger partial charge in [0.25, 0.3) is 0 Å². The second kappa shape index (κ2) is 5.45. The summed E-state index contributed by atoms with van der Waals surface area (Å²) in [6, 6.07) is 10.0. The van der Waals surface area contributed by atoms with E-state index in [1.54, 1.807) is 0 Å². The van der Waals surface area contributed by atoms with Gasteiger partial charge in [0.2, 0.25) is 0 Å². The number of ether oxygens (including phenoxy) is 1. The summed E-state index contributed by atoms with van der Waals surface area (Å²) in [6.07, 6.45) is 0.422. The Kier molecular flexibility index (Phi) is 3.82. The Morgan fingerprint density at radius 3 is 2.65 bits per heavy atom. The minimum absolute atomic E-state index is 0.120. The third-order valence-electron chi connectivity index (χ3n) is 3.34. The Bertz CT molecular complexity index is 635. The Hall–Kier alpha value is -0.940. The highest BCUT2D eigenvalue weighted by atomic mass is 79.9. The number of benzene rings is 2. The molecule has 5 heteroatoms. The number of fused-ring (bicyclic) bond motifs is 1. The SMILES string of the molecule is Fc1cc(C(Br)C2Cc3ccccc3O2)c(F)cc1Br. The van der Waals surface area contributed by atoms with Crippen LogP contribution in [-0.2, 0) is 6.42 Å². The van der Waals surface area contributed by atoms with Gasteiger partial charge in [-0.2, -0.15) is 0 Å². The van der Waals surface area contributed by atoms with Gasteiger partial charge in [-0.05, 0) is 39.7 Å². The first-order valence-corrected chi connectivity index (χ1v) is 7.80. The van der Waals surface area contributed by atoms with Crippen LogP contribution in [0.3, 0.4) is 0 Å². The minimum atomic E-state index is -0.485. The summed E-state index contributed by atoms with van der Waals surface area (Å²) in [5.41, 5.74) is 1.35. The molecule has 1 nitrogen and oxygen atoms in total. The van der Waals surface area contributed by atoms with Crippen molar-refractivity contribution in [1.29, 1.82) is 0 Å². The highest BCUT2D eigenvalue weighted by Crippen LogP contribution is 2.39. The lowest BCUT2D eigenvalue weighted by atomic mass is 10.0. The maximum Gasteiger partial charge on any atom is 0.137 e. The minimum Gasteiger partial charge on any atom is -0.488 e. The van der Waals surface area contributed by atoms with Crippen LogP contribution in [0.4, 0.5) is 8.78 Å². The van der Waals surface area contributed by atoms with E-state index in [4.69, 9.17) is 4.74 Å². The van der Waals surface area contributed by atoms with Crippen LogP contribution in [0, 0.1) is 11.6 Å². The van der Waals surface area contributed by atoms with Crippen molar-refractivity contribution in [2.45, 2.75) is 17.4 Å². The Morgan fingerprint density at radius 1 is 1.15 bits per heavy atom. The molecule has 1 aliphatic heterocycles. The molecule has 0 bridgehead atoms. The normalized spacial score (nSPS) is 18.5. The fourth-order valence-corrected chi connectivity index (χ4v) is 3.28. The molecular weight excluding hydrogens is 394 g/mol. The molecule has 0 aliphatic carbocycles. The number of halogens is 4. The van der Waals surface area contributed by atoms with Gasteiger partial charge in [-0.15, -0.1) is 0 Å². The Labute approximate surface area is 132 Å². The van der Waals surface area contributed by atoms with Crippen molar-refractivity contribution in [1.82, 2.24) is 0 Å². The molecule has 3 rings (SSSR count). The third kappa shape index (κ3) is 2.49. The molecule has 0 amide bonds. The topological polar surface area (TPSA) is 9.23 Å². The number of alkyl halides is 1. The molecule has 0 N–H and O–H groups in total. The van der Waals surface area contributed by atoms with Crippen molar-refractivity contribution in [3.8, 4) is 5.75 Å². The van der Waals surface area contributed by atoms with Crippen LogP contribution in [0.2, 0.25) is 0 Å². The van der Waals surface area contributed by atoms with Gasteiger partial charge in [0, 0.05) is 12.0 Å². The van der Waals surface area contributed by atoms with E-state index < -0.39 is 16.5 Å². The molecular formula is C15H10Br2F2O. The van der Waals surface area contributed by atoms with Gasteiger partial charge in [0.05, 0.1) is 9.30 Å². The van der Waals surface area contributed by atoms with E-state index in [1.807, 2.05) is 24.3 Å². The molecule has 0 radical (unpaired) electrons. The predicted molar refractivity (Wildman–Crippen MR) is 80.3 cm³/mol. The molecule has 2 atom stereocenters. The largest absolute Gasteiger partial charge is 0.488 e. The lowest BCUT2D eigenvalue weighted by molar-refractivity contribution is 0.230. The van der Waals surface area contributed by atoms with Gasteiger partial charge >= 0.3 is 0 Å². The first-order valence-electron chi connectivity index (χ1n) is 6.09.